The summed E-state index contributed by atoms with van der Waals surface area (Å²) >= 11 is 5.69. The Kier molecular flexibility index (Phi) is 5.46. The molecule has 0 saturated carbocycles. The van der Waals surface area contributed by atoms with Gasteiger partial charge in [0, 0.05) is 17.7 Å². The van der Waals surface area contributed by atoms with E-state index in [1.807, 2.05) is 0 Å². The van der Waals surface area contributed by atoms with Crippen molar-refractivity contribution in [2.24, 2.45) is 0 Å². The van der Waals surface area contributed by atoms with Crippen LogP contribution in [-0.2, 0) is 4.74 Å². The quantitative estimate of drug-likeness (QED) is 0.820. The van der Waals surface area contributed by atoms with Crippen molar-refractivity contribution in [3.63, 3.8) is 0 Å². The Hall–Kier alpha value is -2.87. The number of halogens is 3. The van der Waals surface area contributed by atoms with Gasteiger partial charge in [-0.1, -0.05) is 17.7 Å². The molecule has 2 aromatic carbocycles. The molecular formula is C18H15ClF2N2O4. The van der Waals surface area contributed by atoms with E-state index in [2.05, 4.69) is 15.4 Å². The number of hydrogen-bond donors (Lipinski definition) is 2. The summed E-state index contributed by atoms with van der Waals surface area (Å²) in [5.74, 6) is -2.18. The van der Waals surface area contributed by atoms with Crippen molar-refractivity contribution in [3.8, 4) is 5.75 Å². The number of carbonyl (C=O) groups excluding carboxylic acids is 2. The Morgan fingerprint density at radius 1 is 1.22 bits per heavy atom. The fraction of sp³-hybridized carbons (Fsp3) is 0.222. The van der Waals surface area contributed by atoms with Crippen LogP contribution < -0.4 is 15.4 Å². The van der Waals surface area contributed by atoms with Gasteiger partial charge in [-0.25, -0.2) is 13.6 Å². The number of fused-ring (bicyclic) bond motifs is 1. The highest BCUT2D eigenvalue weighted by Gasteiger charge is 2.30. The van der Waals surface area contributed by atoms with Gasteiger partial charge in [0.25, 0.3) is 5.91 Å². The summed E-state index contributed by atoms with van der Waals surface area (Å²) in [5.41, 5.74) is 0.336. The van der Waals surface area contributed by atoms with Crippen LogP contribution >= 0.6 is 11.6 Å². The molecule has 6 nitrogen and oxygen atoms in total. The second kappa shape index (κ2) is 7.79. The molecule has 0 unspecified atom stereocenters. The fourth-order valence-electron chi connectivity index (χ4n) is 2.77. The van der Waals surface area contributed by atoms with Gasteiger partial charge < -0.3 is 20.1 Å². The Balaban J connectivity index is 1.93. The summed E-state index contributed by atoms with van der Waals surface area (Å²) in [6.07, 6.45) is -0.216. The van der Waals surface area contributed by atoms with Crippen LogP contribution in [-0.4, -0.2) is 25.7 Å². The van der Waals surface area contributed by atoms with E-state index in [1.165, 1.54) is 25.3 Å². The number of ether oxygens (including phenoxy) is 2. The molecule has 0 spiro atoms. The van der Waals surface area contributed by atoms with Crippen LogP contribution in [0.3, 0.4) is 0 Å². The lowest BCUT2D eigenvalue weighted by atomic mass is 9.97. The summed E-state index contributed by atoms with van der Waals surface area (Å²) in [7, 11) is 1.23. The van der Waals surface area contributed by atoms with E-state index in [4.69, 9.17) is 16.3 Å². The predicted octanol–water partition coefficient (Wildman–Crippen LogP) is 4.05. The second-order valence-electron chi connectivity index (χ2n) is 5.75. The van der Waals surface area contributed by atoms with Gasteiger partial charge in [-0.15, -0.1) is 0 Å². The van der Waals surface area contributed by atoms with Crippen LogP contribution in [0.2, 0.25) is 5.02 Å². The molecule has 1 aliphatic heterocycles. The first kappa shape index (κ1) is 18.9. The van der Waals surface area contributed by atoms with Crippen LogP contribution in [0.4, 0.5) is 19.3 Å². The molecule has 0 fully saturated rings. The highest BCUT2D eigenvalue weighted by Crippen LogP contribution is 2.37. The average molecular weight is 397 g/mol. The Morgan fingerprint density at radius 3 is 2.67 bits per heavy atom. The molecule has 0 bridgehead atoms. The molecule has 1 heterocycles. The molecule has 0 aromatic heterocycles. The summed E-state index contributed by atoms with van der Waals surface area (Å²) in [5, 5.41) is 4.90. The maximum absolute atomic E-state index is 14.4. The van der Waals surface area contributed by atoms with Crippen LogP contribution in [0.1, 0.15) is 28.4 Å². The molecule has 0 aliphatic carbocycles. The molecule has 27 heavy (non-hydrogen) atoms. The first-order chi connectivity index (χ1) is 12.9. The molecule has 1 atom stereocenters. The van der Waals surface area contributed by atoms with E-state index >= 15 is 0 Å². The van der Waals surface area contributed by atoms with Crippen LogP contribution in [0.25, 0.3) is 0 Å². The molecule has 9 heteroatoms. The van der Waals surface area contributed by atoms with Gasteiger partial charge in [0.05, 0.1) is 24.8 Å². The largest absolute Gasteiger partial charge is 0.492 e. The topological polar surface area (TPSA) is 76.7 Å². The summed E-state index contributed by atoms with van der Waals surface area (Å²) < 4.78 is 37.7. The maximum atomic E-state index is 14.4. The Morgan fingerprint density at radius 2 is 1.96 bits per heavy atom. The van der Waals surface area contributed by atoms with Gasteiger partial charge in [0.2, 0.25) is 0 Å². The van der Waals surface area contributed by atoms with Crippen molar-refractivity contribution in [2.45, 2.75) is 12.5 Å². The van der Waals surface area contributed by atoms with Crippen molar-refractivity contribution in [1.29, 1.82) is 0 Å². The number of benzene rings is 2. The third kappa shape index (κ3) is 3.95. The molecule has 0 radical (unpaired) electrons. The molecule has 0 saturated heterocycles. The minimum atomic E-state index is -0.793. The number of alkyl carbamates (subject to hydrolysis) is 1. The van der Waals surface area contributed by atoms with Crippen LogP contribution in [0.15, 0.2) is 30.3 Å². The van der Waals surface area contributed by atoms with E-state index in [1.54, 1.807) is 0 Å². The molecule has 2 aromatic rings. The standard InChI is InChI=1S/C18H15ClF2N2O4/c1-26-18(25)23-14-6-7-27-16-10(14)3-5-13(21)15(16)17(24)22-9-2-4-12(20)11(19)8-9/h2-5,8,14H,6-7H2,1H3,(H,22,24)(H,23,25)/t14-/m0/s1. The second-order valence-corrected chi connectivity index (χ2v) is 6.16. The minimum absolute atomic E-state index is 0.0355. The average Bonchev–Trinajstić information content (AvgIpc) is 2.64. The minimum Gasteiger partial charge on any atom is -0.492 e. The summed E-state index contributed by atoms with van der Waals surface area (Å²) in [4.78, 5) is 24.1. The lowest BCUT2D eigenvalue weighted by molar-refractivity contribution is 0.101. The lowest BCUT2D eigenvalue weighted by Crippen LogP contribution is -2.33. The number of nitrogens with one attached hydrogen (secondary N) is 2. The first-order valence-corrected chi connectivity index (χ1v) is 8.34. The van der Waals surface area contributed by atoms with E-state index in [0.29, 0.717) is 12.0 Å². The molecule has 2 amide bonds. The van der Waals surface area contributed by atoms with Crippen molar-refractivity contribution < 1.29 is 27.8 Å². The zero-order chi connectivity index (χ0) is 19.6. The zero-order valence-corrected chi connectivity index (χ0v) is 14.9. The maximum Gasteiger partial charge on any atom is 0.407 e. The third-order valence-electron chi connectivity index (χ3n) is 4.05. The van der Waals surface area contributed by atoms with Gasteiger partial charge in [-0.3, -0.25) is 4.79 Å². The predicted molar refractivity (Wildman–Crippen MR) is 94.2 cm³/mol. The molecule has 1 aliphatic rings. The van der Waals surface area contributed by atoms with E-state index in [-0.39, 0.29) is 28.6 Å². The normalized spacial score (nSPS) is 15.3. The van der Waals surface area contributed by atoms with Gasteiger partial charge in [-0.2, -0.15) is 0 Å². The fourth-order valence-corrected chi connectivity index (χ4v) is 2.95. The van der Waals surface area contributed by atoms with Crippen molar-refractivity contribution in [1.82, 2.24) is 5.32 Å². The van der Waals surface area contributed by atoms with Gasteiger partial charge in [0.1, 0.15) is 22.9 Å². The number of methoxy groups -OCH3 is 1. The highest BCUT2D eigenvalue weighted by molar-refractivity contribution is 6.31. The Labute approximate surface area is 158 Å². The first-order valence-electron chi connectivity index (χ1n) is 7.96. The summed E-state index contributed by atoms with van der Waals surface area (Å²) in [6.45, 7) is 0.174. The van der Waals surface area contributed by atoms with Gasteiger partial charge in [-0.05, 0) is 24.3 Å². The summed E-state index contributed by atoms with van der Waals surface area (Å²) in [6, 6.07) is 5.66. The van der Waals surface area contributed by atoms with E-state index in [0.717, 1.165) is 12.1 Å². The molecular weight excluding hydrogens is 382 g/mol. The molecule has 3 rings (SSSR count). The van der Waals surface area contributed by atoms with Crippen molar-refractivity contribution in [3.05, 3.63) is 58.1 Å². The van der Waals surface area contributed by atoms with Gasteiger partial charge in [0.15, 0.2) is 0 Å². The third-order valence-corrected chi connectivity index (χ3v) is 4.34. The van der Waals surface area contributed by atoms with Gasteiger partial charge >= 0.3 is 6.09 Å². The van der Waals surface area contributed by atoms with Crippen LogP contribution in [0.5, 0.6) is 5.75 Å². The zero-order valence-electron chi connectivity index (χ0n) is 14.1. The Bertz CT molecular complexity index is 907. The van der Waals surface area contributed by atoms with Crippen molar-refractivity contribution in [2.75, 3.05) is 19.0 Å². The number of anilines is 1. The molecule has 2 N–H and O–H groups in total. The number of carbonyl (C=O) groups is 2. The molecule has 142 valence electrons. The highest BCUT2D eigenvalue weighted by atomic mass is 35.5. The number of amides is 2. The smallest absolute Gasteiger partial charge is 0.407 e. The van der Waals surface area contributed by atoms with Crippen LogP contribution in [0, 0.1) is 11.6 Å². The van der Waals surface area contributed by atoms with E-state index in [9.17, 15) is 18.4 Å². The van der Waals surface area contributed by atoms with E-state index < -0.39 is 29.7 Å². The lowest BCUT2D eigenvalue weighted by Gasteiger charge is -2.27. The van der Waals surface area contributed by atoms with Crippen molar-refractivity contribution >= 4 is 29.3 Å². The SMILES string of the molecule is COC(=O)N[C@H]1CCOc2c1ccc(F)c2C(=O)Nc1ccc(F)c(Cl)c1. The number of rotatable bonds is 3. The monoisotopic (exact) mass is 396 g/mol. The number of hydrogen-bond acceptors (Lipinski definition) is 4.